The van der Waals surface area contributed by atoms with Gasteiger partial charge < -0.3 is 10.1 Å². The minimum atomic E-state index is 0.565. The number of benzene rings is 1. The molecule has 1 aliphatic rings. The van der Waals surface area contributed by atoms with Crippen molar-refractivity contribution in [2.75, 3.05) is 13.7 Å². The van der Waals surface area contributed by atoms with Crippen molar-refractivity contribution in [2.24, 2.45) is 0 Å². The largest absolute Gasteiger partial charge is 0.493 e. The van der Waals surface area contributed by atoms with Gasteiger partial charge in [-0.05, 0) is 38.1 Å². The molecule has 1 aliphatic carbocycles. The fraction of sp³-hybridized carbons (Fsp3) is 0.571. The Hall–Kier alpha value is -0.730. The fourth-order valence-electron chi connectivity index (χ4n) is 2.12. The van der Waals surface area contributed by atoms with Gasteiger partial charge in [0.25, 0.3) is 0 Å². The first-order valence-electron chi connectivity index (χ1n) is 6.35. The first-order valence-corrected chi connectivity index (χ1v) is 6.73. The number of hydrogen-bond donors (Lipinski definition) is 1. The molecule has 17 heavy (non-hydrogen) atoms. The molecule has 0 spiro atoms. The maximum absolute atomic E-state index is 6.06. The summed E-state index contributed by atoms with van der Waals surface area (Å²) in [5.41, 5.74) is 1.26. The van der Waals surface area contributed by atoms with Crippen molar-refractivity contribution in [1.29, 1.82) is 0 Å². The number of nitrogens with one attached hydrogen (secondary N) is 1. The van der Waals surface area contributed by atoms with Crippen LogP contribution in [0.25, 0.3) is 0 Å². The van der Waals surface area contributed by atoms with Crippen molar-refractivity contribution >= 4 is 11.6 Å². The summed E-state index contributed by atoms with van der Waals surface area (Å²) >= 11 is 6.06. The average Bonchev–Trinajstić information content (AvgIpc) is 3.10. The van der Waals surface area contributed by atoms with Crippen molar-refractivity contribution in [3.63, 3.8) is 0 Å². The molecule has 2 nitrogen and oxygen atoms in total. The molecule has 1 aromatic carbocycles. The van der Waals surface area contributed by atoms with E-state index in [9.17, 15) is 0 Å². The van der Waals surface area contributed by atoms with Gasteiger partial charge in [0.2, 0.25) is 0 Å². The van der Waals surface area contributed by atoms with Crippen LogP contribution in [0.2, 0.25) is 5.02 Å². The minimum Gasteiger partial charge on any atom is -0.493 e. The molecular weight excluding hydrogens is 234 g/mol. The van der Waals surface area contributed by atoms with E-state index in [2.05, 4.69) is 12.2 Å². The van der Waals surface area contributed by atoms with Crippen molar-refractivity contribution in [2.45, 2.75) is 38.1 Å². The molecule has 0 heterocycles. The van der Waals surface area contributed by atoms with Gasteiger partial charge in [-0.3, -0.25) is 0 Å². The van der Waals surface area contributed by atoms with E-state index in [1.807, 2.05) is 25.2 Å². The van der Waals surface area contributed by atoms with Crippen LogP contribution in [0.1, 0.15) is 37.7 Å². The molecule has 0 saturated heterocycles. The lowest BCUT2D eigenvalue weighted by atomic mass is 10.1. The molecule has 1 saturated carbocycles. The number of ether oxygens (including phenoxy) is 1. The lowest BCUT2D eigenvalue weighted by Crippen LogP contribution is -2.10. The molecule has 2 atom stereocenters. The van der Waals surface area contributed by atoms with E-state index in [0.717, 1.165) is 30.2 Å². The third-order valence-corrected chi connectivity index (χ3v) is 3.52. The molecule has 2 rings (SSSR count). The molecule has 0 bridgehead atoms. The van der Waals surface area contributed by atoms with Crippen molar-refractivity contribution in [1.82, 2.24) is 5.32 Å². The summed E-state index contributed by atoms with van der Waals surface area (Å²) in [5, 5.41) is 4.10. The van der Waals surface area contributed by atoms with E-state index in [-0.39, 0.29) is 0 Å². The monoisotopic (exact) mass is 253 g/mol. The Morgan fingerprint density at radius 3 is 2.94 bits per heavy atom. The van der Waals surface area contributed by atoms with Crippen LogP contribution in [0.5, 0.6) is 5.75 Å². The summed E-state index contributed by atoms with van der Waals surface area (Å²) in [6.45, 7) is 2.96. The molecule has 3 heteroatoms. The molecular formula is C14H20ClNO. The Morgan fingerprint density at radius 1 is 1.47 bits per heavy atom. The van der Waals surface area contributed by atoms with Crippen LogP contribution in [0.4, 0.5) is 0 Å². The molecule has 94 valence electrons. The van der Waals surface area contributed by atoms with E-state index in [1.54, 1.807) is 0 Å². The summed E-state index contributed by atoms with van der Waals surface area (Å²) < 4.78 is 5.84. The lowest BCUT2D eigenvalue weighted by Gasteiger charge is -2.11. The molecule has 1 aromatic rings. The van der Waals surface area contributed by atoms with E-state index in [4.69, 9.17) is 16.3 Å². The number of rotatable bonds is 6. The first kappa shape index (κ1) is 12.7. The molecule has 0 aliphatic heterocycles. The van der Waals surface area contributed by atoms with Crippen LogP contribution in [-0.2, 0) is 0 Å². The van der Waals surface area contributed by atoms with Crippen molar-refractivity contribution in [3.05, 3.63) is 28.8 Å². The van der Waals surface area contributed by atoms with Gasteiger partial charge in [-0.2, -0.15) is 0 Å². The van der Waals surface area contributed by atoms with Crippen molar-refractivity contribution < 1.29 is 4.74 Å². The average molecular weight is 254 g/mol. The van der Waals surface area contributed by atoms with E-state index in [1.165, 1.54) is 12.0 Å². The van der Waals surface area contributed by atoms with Gasteiger partial charge in [0.1, 0.15) is 5.75 Å². The highest BCUT2D eigenvalue weighted by atomic mass is 35.5. The zero-order valence-corrected chi connectivity index (χ0v) is 11.3. The second-order valence-corrected chi connectivity index (χ2v) is 5.06. The third-order valence-electron chi connectivity index (χ3n) is 3.29. The van der Waals surface area contributed by atoms with Crippen molar-refractivity contribution in [3.8, 4) is 5.75 Å². The highest BCUT2D eigenvalue weighted by Crippen LogP contribution is 2.45. The lowest BCUT2D eigenvalue weighted by molar-refractivity contribution is 0.306. The zero-order valence-electron chi connectivity index (χ0n) is 10.5. The number of halogens is 1. The SMILES string of the molecule is CCCCOc1ccc(Cl)cc1C1CC1NC. The highest BCUT2D eigenvalue weighted by Gasteiger charge is 2.38. The normalized spacial score (nSPS) is 22.5. The fourth-order valence-corrected chi connectivity index (χ4v) is 2.31. The Bertz CT molecular complexity index is 380. The minimum absolute atomic E-state index is 0.565. The van der Waals surface area contributed by atoms with Gasteiger partial charge in [-0.25, -0.2) is 0 Å². The summed E-state index contributed by atoms with van der Waals surface area (Å²) in [6.07, 6.45) is 3.44. The van der Waals surface area contributed by atoms with Gasteiger partial charge in [0.05, 0.1) is 6.61 Å². The zero-order chi connectivity index (χ0) is 12.3. The topological polar surface area (TPSA) is 21.3 Å². The van der Waals surface area contributed by atoms with Crippen LogP contribution in [0.15, 0.2) is 18.2 Å². The number of unbranched alkanes of at least 4 members (excludes halogenated alkanes) is 1. The number of likely N-dealkylation sites (N-methyl/N-ethyl adjacent to an activating group) is 1. The predicted octanol–water partition coefficient (Wildman–Crippen LogP) is 3.59. The summed E-state index contributed by atoms with van der Waals surface area (Å²) in [6, 6.07) is 6.54. The first-order chi connectivity index (χ1) is 8.26. The van der Waals surface area contributed by atoms with Crippen LogP contribution >= 0.6 is 11.6 Å². The van der Waals surface area contributed by atoms with Gasteiger partial charge in [-0.1, -0.05) is 24.9 Å². The van der Waals surface area contributed by atoms with Crippen LogP contribution in [0.3, 0.4) is 0 Å². The quantitative estimate of drug-likeness (QED) is 0.783. The van der Waals surface area contributed by atoms with Crippen LogP contribution in [-0.4, -0.2) is 19.7 Å². The predicted molar refractivity (Wildman–Crippen MR) is 72.1 cm³/mol. The van der Waals surface area contributed by atoms with E-state index >= 15 is 0 Å². The van der Waals surface area contributed by atoms with Gasteiger partial charge >= 0.3 is 0 Å². The molecule has 2 unspecified atom stereocenters. The third kappa shape index (κ3) is 3.14. The Kier molecular flexibility index (Phi) is 4.30. The summed E-state index contributed by atoms with van der Waals surface area (Å²) in [7, 11) is 2.01. The standard InChI is InChI=1S/C14H20ClNO/c1-3-4-7-17-14-6-5-10(15)8-12(14)11-9-13(11)16-2/h5-6,8,11,13,16H,3-4,7,9H2,1-2H3. The highest BCUT2D eigenvalue weighted by molar-refractivity contribution is 6.30. The number of hydrogen-bond acceptors (Lipinski definition) is 2. The van der Waals surface area contributed by atoms with Gasteiger partial charge in [0.15, 0.2) is 0 Å². The second-order valence-electron chi connectivity index (χ2n) is 4.62. The Morgan fingerprint density at radius 2 is 2.29 bits per heavy atom. The van der Waals surface area contributed by atoms with Gasteiger partial charge in [-0.15, -0.1) is 0 Å². The summed E-state index contributed by atoms with van der Waals surface area (Å²) in [4.78, 5) is 0. The molecule has 1 fully saturated rings. The van der Waals surface area contributed by atoms with E-state index < -0.39 is 0 Å². The van der Waals surface area contributed by atoms with E-state index in [0.29, 0.717) is 12.0 Å². The summed E-state index contributed by atoms with van der Waals surface area (Å²) in [5.74, 6) is 1.57. The Balaban J connectivity index is 2.08. The smallest absolute Gasteiger partial charge is 0.122 e. The van der Waals surface area contributed by atoms with Gasteiger partial charge in [0, 0.05) is 22.5 Å². The molecule has 0 radical (unpaired) electrons. The maximum atomic E-state index is 6.06. The maximum Gasteiger partial charge on any atom is 0.122 e. The van der Waals surface area contributed by atoms with Crippen LogP contribution in [0, 0.1) is 0 Å². The molecule has 0 amide bonds. The second kappa shape index (κ2) is 5.74. The molecule has 1 N–H and O–H groups in total. The van der Waals surface area contributed by atoms with Crippen LogP contribution < -0.4 is 10.1 Å². The molecule has 0 aromatic heterocycles. The Labute approximate surface area is 108 Å².